The molecule has 1 fully saturated rings. The highest BCUT2D eigenvalue weighted by Crippen LogP contribution is 2.30. The summed E-state index contributed by atoms with van der Waals surface area (Å²) in [6.07, 6.45) is 4.49. The molecule has 1 aliphatic heterocycles. The summed E-state index contributed by atoms with van der Waals surface area (Å²) in [4.78, 5) is 22.6. The zero-order valence-corrected chi connectivity index (χ0v) is 15.5. The van der Waals surface area contributed by atoms with Crippen molar-refractivity contribution >= 4 is 17.1 Å². The van der Waals surface area contributed by atoms with E-state index < -0.39 is 0 Å². The molecule has 7 heteroatoms. The summed E-state index contributed by atoms with van der Waals surface area (Å²) in [5.74, 6) is 0.319. The Balaban J connectivity index is 1.51. The average Bonchev–Trinajstić information content (AvgIpc) is 3.27. The highest BCUT2D eigenvalue weighted by molar-refractivity contribution is 5.74. The van der Waals surface area contributed by atoms with Gasteiger partial charge in [-0.1, -0.05) is 30.3 Å². The van der Waals surface area contributed by atoms with Gasteiger partial charge < -0.3 is 5.32 Å². The smallest absolute Gasteiger partial charge is 0.216 e. The molecule has 7 nitrogen and oxygen atoms in total. The van der Waals surface area contributed by atoms with Gasteiger partial charge >= 0.3 is 0 Å². The number of rotatable bonds is 6. The third-order valence-electron chi connectivity index (χ3n) is 5.00. The molecule has 0 spiro atoms. The molecule has 0 saturated carbocycles. The number of benzene rings is 1. The van der Waals surface area contributed by atoms with Gasteiger partial charge in [0.05, 0.1) is 12.2 Å². The van der Waals surface area contributed by atoms with Crippen LogP contribution in [-0.2, 0) is 17.9 Å². The van der Waals surface area contributed by atoms with E-state index in [1.807, 2.05) is 4.68 Å². The normalized spacial score (nSPS) is 17.4. The Morgan fingerprint density at radius 3 is 2.85 bits per heavy atom. The molecule has 3 heterocycles. The number of hydrogen-bond acceptors (Lipinski definition) is 5. The number of likely N-dealkylation sites (tertiary alicyclic amines) is 1. The van der Waals surface area contributed by atoms with Crippen LogP contribution in [-0.4, -0.2) is 50.2 Å². The second-order valence-corrected chi connectivity index (χ2v) is 7.03. The van der Waals surface area contributed by atoms with Crippen LogP contribution >= 0.6 is 0 Å². The lowest BCUT2D eigenvalue weighted by molar-refractivity contribution is -0.118. The van der Waals surface area contributed by atoms with Crippen LogP contribution in [0, 0.1) is 0 Å². The maximum atomic E-state index is 11.1. The first-order valence-corrected chi connectivity index (χ1v) is 9.39. The van der Waals surface area contributed by atoms with Crippen LogP contribution in [0.25, 0.3) is 11.2 Å². The Morgan fingerprint density at radius 2 is 2.04 bits per heavy atom. The number of nitrogens with zero attached hydrogens (tertiary/aromatic N) is 5. The van der Waals surface area contributed by atoms with Crippen LogP contribution in [0.3, 0.4) is 0 Å². The molecule has 140 valence electrons. The van der Waals surface area contributed by atoms with Gasteiger partial charge in [0.2, 0.25) is 5.91 Å². The van der Waals surface area contributed by atoms with Crippen molar-refractivity contribution in [3.8, 4) is 0 Å². The van der Waals surface area contributed by atoms with Crippen LogP contribution in [0.15, 0.2) is 42.7 Å². The minimum Gasteiger partial charge on any atom is -0.354 e. The molecule has 0 radical (unpaired) electrons. The van der Waals surface area contributed by atoms with Gasteiger partial charge in [0.25, 0.3) is 0 Å². The van der Waals surface area contributed by atoms with Gasteiger partial charge in [-0.05, 0) is 18.5 Å². The van der Waals surface area contributed by atoms with Gasteiger partial charge in [-0.15, -0.1) is 0 Å². The minimum atomic E-state index is -0.0369. The molecule has 4 rings (SSSR count). The summed E-state index contributed by atoms with van der Waals surface area (Å²) in [5, 5.41) is 7.64. The second kappa shape index (κ2) is 7.84. The van der Waals surface area contributed by atoms with Crippen LogP contribution in [0.1, 0.15) is 30.5 Å². The van der Waals surface area contributed by atoms with Gasteiger partial charge in [-0.2, -0.15) is 5.10 Å². The predicted molar refractivity (Wildman–Crippen MR) is 103 cm³/mol. The van der Waals surface area contributed by atoms with E-state index in [1.54, 1.807) is 12.4 Å². The zero-order chi connectivity index (χ0) is 18.6. The minimum absolute atomic E-state index is 0.0369. The fourth-order valence-corrected chi connectivity index (χ4v) is 3.73. The first-order valence-electron chi connectivity index (χ1n) is 9.39. The lowest BCUT2D eigenvalue weighted by Crippen LogP contribution is -2.25. The van der Waals surface area contributed by atoms with Gasteiger partial charge in [-0.3, -0.25) is 9.69 Å². The SMILES string of the molecule is CC(=O)NCCn1nc(C2CCN(Cc3ccccc3)C2)c2nccnc21. The molecule has 1 aliphatic rings. The Morgan fingerprint density at radius 1 is 1.22 bits per heavy atom. The third kappa shape index (κ3) is 3.98. The molecule has 3 aromatic rings. The number of carbonyl (C=O) groups excluding carboxylic acids is 1. The quantitative estimate of drug-likeness (QED) is 0.724. The van der Waals surface area contributed by atoms with E-state index in [0.29, 0.717) is 19.0 Å². The largest absolute Gasteiger partial charge is 0.354 e. The summed E-state index contributed by atoms with van der Waals surface area (Å²) < 4.78 is 1.87. The average molecular weight is 364 g/mol. The van der Waals surface area contributed by atoms with Gasteiger partial charge in [0.1, 0.15) is 5.52 Å². The monoisotopic (exact) mass is 364 g/mol. The number of aromatic nitrogens is 4. The molecule has 1 unspecified atom stereocenters. The van der Waals surface area contributed by atoms with Crippen molar-refractivity contribution in [3.63, 3.8) is 0 Å². The molecule has 1 aromatic carbocycles. The molecule has 1 N–H and O–H groups in total. The lowest BCUT2D eigenvalue weighted by atomic mass is 10.0. The molecular weight excluding hydrogens is 340 g/mol. The highest BCUT2D eigenvalue weighted by atomic mass is 16.1. The lowest BCUT2D eigenvalue weighted by Gasteiger charge is -2.15. The van der Waals surface area contributed by atoms with Crippen molar-refractivity contribution in [2.45, 2.75) is 32.4 Å². The van der Waals surface area contributed by atoms with Crippen LogP contribution in [0.2, 0.25) is 0 Å². The van der Waals surface area contributed by atoms with Crippen LogP contribution in [0.4, 0.5) is 0 Å². The molecule has 2 aromatic heterocycles. The fraction of sp³-hybridized carbons (Fsp3) is 0.400. The standard InChI is InChI=1S/C20H24N6O/c1-15(27)21-10-12-26-20-19(22-8-9-23-20)18(24-26)17-7-11-25(14-17)13-16-5-3-2-4-6-16/h2-6,8-9,17H,7,10-14H2,1H3,(H,21,27). The molecule has 0 bridgehead atoms. The summed E-state index contributed by atoms with van der Waals surface area (Å²) in [6, 6.07) is 10.6. The maximum absolute atomic E-state index is 11.1. The number of carbonyl (C=O) groups is 1. The molecule has 27 heavy (non-hydrogen) atoms. The van der Waals surface area contributed by atoms with Gasteiger partial charge in [0.15, 0.2) is 5.65 Å². The highest BCUT2D eigenvalue weighted by Gasteiger charge is 2.29. The van der Waals surface area contributed by atoms with Crippen molar-refractivity contribution in [1.29, 1.82) is 0 Å². The number of nitrogens with one attached hydrogen (secondary N) is 1. The maximum Gasteiger partial charge on any atom is 0.216 e. The van der Waals surface area contributed by atoms with E-state index in [4.69, 9.17) is 5.10 Å². The second-order valence-electron chi connectivity index (χ2n) is 7.03. The fourth-order valence-electron chi connectivity index (χ4n) is 3.73. The van der Waals surface area contributed by atoms with Gasteiger partial charge in [0, 0.05) is 44.9 Å². The first-order chi connectivity index (χ1) is 13.2. The van der Waals surface area contributed by atoms with Crippen molar-refractivity contribution in [3.05, 3.63) is 54.0 Å². The van der Waals surface area contributed by atoms with Crippen LogP contribution in [0.5, 0.6) is 0 Å². The predicted octanol–water partition coefficient (Wildman–Crippen LogP) is 1.95. The van der Waals surface area contributed by atoms with Crippen molar-refractivity contribution in [2.75, 3.05) is 19.6 Å². The zero-order valence-electron chi connectivity index (χ0n) is 15.5. The van der Waals surface area contributed by atoms with Crippen molar-refractivity contribution in [1.82, 2.24) is 30.0 Å². The number of fused-ring (bicyclic) bond motifs is 1. The topological polar surface area (TPSA) is 75.9 Å². The van der Waals surface area contributed by atoms with E-state index in [0.717, 1.165) is 42.9 Å². The molecule has 1 saturated heterocycles. The summed E-state index contributed by atoms with van der Waals surface area (Å²) >= 11 is 0. The number of amides is 1. The van der Waals surface area contributed by atoms with Crippen LogP contribution < -0.4 is 5.32 Å². The Bertz CT molecular complexity index is 923. The van der Waals surface area contributed by atoms with E-state index >= 15 is 0 Å². The van der Waals surface area contributed by atoms with Gasteiger partial charge in [-0.25, -0.2) is 14.6 Å². The Hall–Kier alpha value is -2.80. The van der Waals surface area contributed by atoms with E-state index in [1.165, 1.54) is 12.5 Å². The molecular formula is C20H24N6O. The Labute approximate surface area is 158 Å². The molecule has 1 amide bonds. The van der Waals surface area contributed by atoms with E-state index in [9.17, 15) is 4.79 Å². The first kappa shape index (κ1) is 17.6. The number of hydrogen-bond donors (Lipinski definition) is 1. The van der Waals surface area contributed by atoms with E-state index in [-0.39, 0.29) is 5.91 Å². The van der Waals surface area contributed by atoms with E-state index in [2.05, 4.69) is 50.5 Å². The van der Waals surface area contributed by atoms with Crippen molar-refractivity contribution in [2.24, 2.45) is 0 Å². The Kier molecular flexibility index (Phi) is 5.11. The molecule has 1 atom stereocenters. The summed E-state index contributed by atoms with van der Waals surface area (Å²) in [5.41, 5.74) is 4.03. The molecule has 0 aliphatic carbocycles. The third-order valence-corrected chi connectivity index (χ3v) is 5.00. The summed E-state index contributed by atoms with van der Waals surface area (Å²) in [6.45, 7) is 5.64. The summed E-state index contributed by atoms with van der Waals surface area (Å²) in [7, 11) is 0. The van der Waals surface area contributed by atoms with Crippen molar-refractivity contribution < 1.29 is 4.79 Å².